The van der Waals surface area contributed by atoms with Crippen molar-refractivity contribution in [3.8, 4) is 17.5 Å². The van der Waals surface area contributed by atoms with Crippen LogP contribution in [-0.4, -0.2) is 27.7 Å². The molecule has 1 saturated carbocycles. The first-order valence-electron chi connectivity index (χ1n) is 10.5. The Morgan fingerprint density at radius 3 is 2.94 bits per heavy atom. The summed E-state index contributed by atoms with van der Waals surface area (Å²) >= 11 is 0. The number of carbonyl (C=O) groups is 1. The highest BCUT2D eigenvalue weighted by Crippen LogP contribution is 2.20. The number of hydrogen-bond acceptors (Lipinski definition) is 3. The highest BCUT2D eigenvalue weighted by Gasteiger charge is 2.26. The van der Waals surface area contributed by atoms with Crippen LogP contribution in [0.3, 0.4) is 0 Å². The van der Waals surface area contributed by atoms with Crippen LogP contribution in [0.25, 0.3) is 16.7 Å². The number of pyridine rings is 2. The number of nitrogens with one attached hydrogen (secondary N) is 2. The van der Waals surface area contributed by atoms with Gasteiger partial charge in [-0.1, -0.05) is 17.9 Å². The molecule has 2 N–H and O–H groups in total. The molecule has 0 radical (unpaired) electrons. The Kier molecular flexibility index (Phi) is 6.38. The van der Waals surface area contributed by atoms with Crippen LogP contribution in [0.1, 0.15) is 35.7 Å². The monoisotopic (exact) mass is 423 g/mol. The van der Waals surface area contributed by atoms with E-state index in [-0.39, 0.29) is 22.9 Å². The number of fused-ring (bicyclic) bond motifs is 1. The summed E-state index contributed by atoms with van der Waals surface area (Å²) in [7, 11) is 0. The van der Waals surface area contributed by atoms with Crippen molar-refractivity contribution in [1.82, 2.24) is 14.9 Å². The predicted molar refractivity (Wildman–Crippen MR) is 126 cm³/mol. The van der Waals surface area contributed by atoms with Gasteiger partial charge in [-0.25, -0.2) is 9.98 Å². The quantitative estimate of drug-likeness (QED) is 0.374. The topological polar surface area (TPSA) is 78.0 Å². The van der Waals surface area contributed by atoms with Crippen LogP contribution in [0.4, 0.5) is 0 Å². The minimum Gasteiger partial charge on any atom is -0.349 e. The van der Waals surface area contributed by atoms with Crippen LogP contribution in [0.5, 0.6) is 0 Å². The number of nitrogens with zero attached hydrogens (tertiary/aromatic N) is 2. The van der Waals surface area contributed by atoms with E-state index in [1.807, 2.05) is 55.8 Å². The normalized spacial score (nSPS) is 13.7. The van der Waals surface area contributed by atoms with Gasteiger partial charge in [-0.15, -0.1) is 0 Å². The Morgan fingerprint density at radius 2 is 2.12 bits per heavy atom. The van der Waals surface area contributed by atoms with Crippen molar-refractivity contribution < 1.29 is 9.79 Å². The number of amides is 1. The van der Waals surface area contributed by atoms with Crippen molar-refractivity contribution in [2.75, 3.05) is 0 Å². The van der Waals surface area contributed by atoms with Crippen LogP contribution in [0.15, 0.2) is 78.0 Å². The summed E-state index contributed by atoms with van der Waals surface area (Å²) in [6.07, 6.45) is 14.2. The van der Waals surface area contributed by atoms with E-state index in [9.17, 15) is 9.59 Å². The highest BCUT2D eigenvalue weighted by molar-refractivity contribution is 5.97. The van der Waals surface area contributed by atoms with E-state index in [1.54, 1.807) is 35.2 Å². The smallest absolute Gasteiger partial charge is 0.257 e. The zero-order valence-corrected chi connectivity index (χ0v) is 17.7. The number of allylic oxidation sites excluding steroid dienone is 3. The zero-order chi connectivity index (χ0) is 22.3. The number of rotatable bonds is 5. The highest BCUT2D eigenvalue weighted by atomic mass is 16.2. The molecule has 4 rings (SSSR count). The number of hydrogen-bond donors (Lipinski definition) is 2. The summed E-state index contributed by atoms with van der Waals surface area (Å²) in [6.45, 7) is 1.91. The third-order valence-corrected chi connectivity index (χ3v) is 4.91. The van der Waals surface area contributed by atoms with Crippen LogP contribution in [0, 0.1) is 11.8 Å². The van der Waals surface area contributed by atoms with E-state index in [4.69, 9.17) is 0 Å². The van der Waals surface area contributed by atoms with Gasteiger partial charge in [-0.3, -0.25) is 9.59 Å². The fraction of sp³-hybridized carbons (Fsp3) is 0.154. The largest absolute Gasteiger partial charge is 0.349 e. The molecule has 1 fully saturated rings. The molecule has 158 valence electrons. The van der Waals surface area contributed by atoms with Crippen LogP contribution in [-0.2, 0) is 0 Å². The molecule has 0 unspecified atom stereocenters. The molecule has 0 aliphatic heterocycles. The SMILES string of the molecule is CC=[NH+]/C=C\C=C\C#Cc1cccc(-n2cc(C(=O)NC3CC3)c(=O)c3cccnc32)c1. The summed E-state index contributed by atoms with van der Waals surface area (Å²) in [6, 6.07) is 11.2. The lowest BCUT2D eigenvalue weighted by molar-refractivity contribution is -0.367. The van der Waals surface area contributed by atoms with Crippen molar-refractivity contribution in [3.63, 3.8) is 0 Å². The maximum absolute atomic E-state index is 12.9. The first-order chi connectivity index (χ1) is 15.7. The molecule has 6 heteroatoms. The molecule has 1 amide bonds. The first kappa shape index (κ1) is 21.0. The van der Waals surface area contributed by atoms with Gasteiger partial charge in [0.1, 0.15) is 17.4 Å². The van der Waals surface area contributed by atoms with E-state index < -0.39 is 0 Å². The Morgan fingerprint density at radius 1 is 1.25 bits per heavy atom. The minimum absolute atomic E-state index is 0.113. The maximum Gasteiger partial charge on any atom is 0.257 e. The second-order valence-electron chi connectivity index (χ2n) is 7.36. The van der Waals surface area contributed by atoms with E-state index in [2.05, 4.69) is 27.1 Å². The van der Waals surface area contributed by atoms with E-state index in [0.29, 0.717) is 11.0 Å². The first-order valence-corrected chi connectivity index (χ1v) is 10.5. The molecule has 32 heavy (non-hydrogen) atoms. The van der Waals surface area contributed by atoms with Crippen LogP contribution in [0.2, 0.25) is 0 Å². The van der Waals surface area contributed by atoms with E-state index in [0.717, 1.165) is 24.1 Å². The molecular formula is C26H23N4O2+. The second-order valence-corrected chi connectivity index (χ2v) is 7.36. The van der Waals surface area contributed by atoms with Gasteiger partial charge in [-0.05, 0) is 55.3 Å². The molecule has 1 aromatic carbocycles. The van der Waals surface area contributed by atoms with Gasteiger partial charge in [-0.2, -0.15) is 0 Å². The Labute approximate surface area is 186 Å². The minimum atomic E-state index is -0.346. The molecule has 0 spiro atoms. The summed E-state index contributed by atoms with van der Waals surface area (Å²) < 4.78 is 1.77. The Balaban J connectivity index is 1.72. The maximum atomic E-state index is 12.9. The fourth-order valence-electron chi connectivity index (χ4n) is 3.18. The molecule has 1 aliphatic carbocycles. The molecule has 1 aliphatic rings. The average molecular weight is 423 g/mol. The summed E-state index contributed by atoms with van der Waals surface area (Å²) in [5, 5.41) is 3.31. The summed E-state index contributed by atoms with van der Waals surface area (Å²) in [5.74, 6) is 5.76. The van der Waals surface area contributed by atoms with E-state index in [1.165, 1.54) is 0 Å². The number of aromatic nitrogens is 2. The summed E-state index contributed by atoms with van der Waals surface area (Å²) in [5.41, 5.74) is 1.87. The van der Waals surface area contributed by atoms with Crippen molar-refractivity contribution in [1.29, 1.82) is 0 Å². The molecule has 0 atom stereocenters. The fourth-order valence-corrected chi connectivity index (χ4v) is 3.18. The van der Waals surface area contributed by atoms with Gasteiger partial charge in [0, 0.05) is 42.7 Å². The summed E-state index contributed by atoms with van der Waals surface area (Å²) in [4.78, 5) is 33.0. The van der Waals surface area contributed by atoms with Crippen molar-refractivity contribution in [2.45, 2.75) is 25.8 Å². The molecular weight excluding hydrogens is 400 g/mol. The lowest BCUT2D eigenvalue weighted by Gasteiger charge is -2.13. The van der Waals surface area contributed by atoms with Gasteiger partial charge in [0.15, 0.2) is 6.20 Å². The van der Waals surface area contributed by atoms with Crippen LogP contribution >= 0.6 is 0 Å². The molecule has 0 bridgehead atoms. The third kappa shape index (κ3) is 4.90. The second kappa shape index (κ2) is 9.71. The number of carbonyl (C=O) groups excluding carboxylic acids is 1. The lowest BCUT2D eigenvalue weighted by atomic mass is 10.1. The molecule has 3 aromatic rings. The number of benzene rings is 1. The van der Waals surface area contributed by atoms with Gasteiger partial charge in [0.2, 0.25) is 5.43 Å². The predicted octanol–water partition coefficient (Wildman–Crippen LogP) is 1.87. The van der Waals surface area contributed by atoms with Gasteiger partial charge < -0.3 is 9.88 Å². The van der Waals surface area contributed by atoms with Crippen molar-refractivity contribution >= 4 is 23.2 Å². The standard InChI is InChI=1S/C26H22N4O2/c1-2-27-15-6-4-3-5-9-19-10-7-11-21(17-19)30-18-23(26(32)29-20-13-14-20)24(31)22-12-8-16-28-25(22)30/h2-4,6-8,10-12,15-18,20H,13-14H2,1H3,(H,29,32)/p+1/b4-3+,15-6-,27-2?. The molecule has 6 nitrogen and oxygen atoms in total. The van der Waals surface area contributed by atoms with Crippen molar-refractivity contribution in [2.24, 2.45) is 0 Å². The Bertz CT molecular complexity index is 1370. The van der Waals surface area contributed by atoms with Crippen LogP contribution < -0.4 is 15.7 Å². The Hall–Kier alpha value is -4.24. The zero-order valence-electron chi connectivity index (χ0n) is 17.7. The van der Waals surface area contributed by atoms with Gasteiger partial charge in [0.25, 0.3) is 5.91 Å². The molecule has 2 heterocycles. The van der Waals surface area contributed by atoms with Gasteiger partial charge in [0.05, 0.1) is 5.39 Å². The van der Waals surface area contributed by atoms with E-state index >= 15 is 0 Å². The lowest BCUT2D eigenvalue weighted by Crippen LogP contribution is -2.60. The third-order valence-electron chi connectivity index (χ3n) is 4.91. The van der Waals surface area contributed by atoms with Gasteiger partial charge >= 0.3 is 0 Å². The molecule has 2 aromatic heterocycles. The average Bonchev–Trinajstić information content (AvgIpc) is 3.63. The van der Waals surface area contributed by atoms with Crippen molar-refractivity contribution in [3.05, 3.63) is 94.6 Å². The molecule has 0 saturated heterocycles.